The fraction of sp³-hybridized carbons (Fsp3) is 0.519. The zero-order valence-electron chi connectivity index (χ0n) is 23.1. The quantitative estimate of drug-likeness (QED) is 0.364. The molecule has 0 amide bonds. The van der Waals surface area contributed by atoms with Crippen LogP contribution in [0.15, 0.2) is 29.3 Å². The number of morpholine rings is 1. The number of sulfonamides is 1. The summed E-state index contributed by atoms with van der Waals surface area (Å²) in [6.07, 6.45) is -2.20. The number of alkyl halides is 3. The van der Waals surface area contributed by atoms with Crippen LogP contribution in [0.1, 0.15) is 25.3 Å². The summed E-state index contributed by atoms with van der Waals surface area (Å²) in [4.78, 5) is 9.34. The number of halogens is 3. The maximum Gasteiger partial charge on any atom is 0.418 e. The minimum atomic E-state index is -4.55. The number of aromatic amines is 1. The molecule has 1 aromatic carbocycles. The highest BCUT2D eigenvalue weighted by atomic mass is 32.2. The monoisotopic (exact) mass is 610 g/mol. The van der Waals surface area contributed by atoms with E-state index < -0.39 is 21.8 Å². The molecule has 5 heterocycles. The number of anilines is 3. The number of aromatic nitrogens is 2. The number of nitrogens with one attached hydrogen (secondary N) is 3. The summed E-state index contributed by atoms with van der Waals surface area (Å²) in [5, 5.41) is 6.01. The van der Waals surface area contributed by atoms with Crippen LogP contribution in [0.2, 0.25) is 0 Å². The molecule has 2 saturated heterocycles. The standard InChI is InChI=1S/C27H33F3N6O5S/c1-2-31-20-15-22(34-26-23(20)18(16-32-26)27(28,29)30)33-19-3-4-21(25-24(19)40-13-14-41-25)42(37,38)36-7-5-17(6-8-36)35-9-11-39-12-10-35/h3-4,15-17H,2,5-14H2,1H3,(H3,31,32,33,34). The van der Waals surface area contributed by atoms with Gasteiger partial charge in [-0.1, -0.05) is 0 Å². The van der Waals surface area contributed by atoms with E-state index in [-0.39, 0.29) is 52.1 Å². The molecule has 15 heteroatoms. The van der Waals surface area contributed by atoms with Gasteiger partial charge in [-0.3, -0.25) is 4.90 Å². The van der Waals surface area contributed by atoms with Gasteiger partial charge in [-0.05, 0) is 31.9 Å². The highest BCUT2D eigenvalue weighted by Gasteiger charge is 2.37. The first-order valence-corrected chi connectivity index (χ1v) is 15.5. The summed E-state index contributed by atoms with van der Waals surface area (Å²) in [6.45, 7) is 6.45. The molecule has 0 bridgehead atoms. The molecule has 2 fully saturated rings. The van der Waals surface area contributed by atoms with Gasteiger partial charge in [-0.25, -0.2) is 13.4 Å². The predicted octanol–water partition coefficient (Wildman–Crippen LogP) is 4.01. The molecule has 228 valence electrons. The fourth-order valence-electron chi connectivity index (χ4n) is 5.83. The van der Waals surface area contributed by atoms with Crippen molar-refractivity contribution in [2.45, 2.75) is 36.9 Å². The number of rotatable bonds is 7. The van der Waals surface area contributed by atoms with Crippen molar-refractivity contribution in [2.24, 2.45) is 0 Å². The lowest BCUT2D eigenvalue weighted by Gasteiger charge is -2.39. The van der Waals surface area contributed by atoms with Gasteiger partial charge in [0.2, 0.25) is 10.0 Å². The number of hydrogen-bond donors (Lipinski definition) is 3. The van der Waals surface area contributed by atoms with Crippen LogP contribution in [-0.4, -0.2) is 92.8 Å². The Hall–Kier alpha value is -3.27. The average Bonchev–Trinajstić information content (AvgIpc) is 3.43. The van der Waals surface area contributed by atoms with Gasteiger partial charge in [0.15, 0.2) is 11.5 Å². The van der Waals surface area contributed by atoms with E-state index in [1.807, 2.05) is 0 Å². The maximum absolute atomic E-state index is 13.8. The molecular formula is C27H33F3N6O5S. The summed E-state index contributed by atoms with van der Waals surface area (Å²) in [7, 11) is -3.88. The molecule has 3 aliphatic heterocycles. The predicted molar refractivity (Wildman–Crippen MR) is 150 cm³/mol. The number of piperidine rings is 1. The molecule has 3 aromatic rings. The van der Waals surface area contributed by atoms with Crippen LogP contribution < -0.4 is 20.1 Å². The summed E-state index contributed by atoms with van der Waals surface area (Å²) < 4.78 is 87.0. The summed E-state index contributed by atoms with van der Waals surface area (Å²) in [5.74, 6) is 0.555. The number of ether oxygens (including phenoxy) is 3. The highest BCUT2D eigenvalue weighted by Crippen LogP contribution is 2.45. The third-order valence-electron chi connectivity index (χ3n) is 7.83. The molecule has 3 aliphatic rings. The summed E-state index contributed by atoms with van der Waals surface area (Å²) in [5.41, 5.74) is -0.130. The number of fused-ring (bicyclic) bond motifs is 2. The Balaban J connectivity index is 1.28. The first kappa shape index (κ1) is 28.8. The van der Waals surface area contributed by atoms with Crippen molar-refractivity contribution in [2.75, 3.05) is 69.8 Å². The summed E-state index contributed by atoms with van der Waals surface area (Å²) in [6, 6.07) is 4.84. The van der Waals surface area contributed by atoms with Crippen LogP contribution >= 0.6 is 0 Å². The van der Waals surface area contributed by atoms with Gasteiger partial charge in [0.25, 0.3) is 0 Å². The molecule has 0 saturated carbocycles. The van der Waals surface area contributed by atoms with Crippen molar-refractivity contribution in [3.63, 3.8) is 0 Å². The largest absolute Gasteiger partial charge is 0.485 e. The Bertz CT molecular complexity index is 1550. The molecule has 0 aliphatic carbocycles. The minimum absolute atomic E-state index is 0.0171. The van der Waals surface area contributed by atoms with Crippen molar-refractivity contribution in [1.29, 1.82) is 0 Å². The van der Waals surface area contributed by atoms with Crippen molar-refractivity contribution >= 4 is 38.2 Å². The van der Waals surface area contributed by atoms with E-state index in [1.165, 1.54) is 16.4 Å². The number of benzene rings is 1. The number of nitrogens with zero attached hydrogens (tertiary/aromatic N) is 3. The highest BCUT2D eigenvalue weighted by molar-refractivity contribution is 7.89. The fourth-order valence-corrected chi connectivity index (χ4v) is 7.43. The zero-order chi connectivity index (χ0) is 29.5. The van der Waals surface area contributed by atoms with Gasteiger partial charge in [0.05, 0.1) is 29.9 Å². The second kappa shape index (κ2) is 11.4. The molecule has 3 N–H and O–H groups in total. The smallest absolute Gasteiger partial charge is 0.418 e. The normalized spacial score (nSPS) is 19.2. The van der Waals surface area contributed by atoms with Crippen molar-refractivity contribution in [3.8, 4) is 11.5 Å². The van der Waals surface area contributed by atoms with E-state index in [1.54, 1.807) is 13.0 Å². The molecule has 0 atom stereocenters. The molecule has 0 unspecified atom stereocenters. The van der Waals surface area contributed by atoms with E-state index in [0.29, 0.717) is 44.6 Å². The minimum Gasteiger partial charge on any atom is -0.485 e. The Labute approximate surface area is 241 Å². The maximum atomic E-state index is 13.8. The lowest BCUT2D eigenvalue weighted by atomic mass is 10.0. The van der Waals surface area contributed by atoms with Gasteiger partial charge in [0.1, 0.15) is 29.6 Å². The van der Waals surface area contributed by atoms with Crippen LogP contribution in [0.4, 0.5) is 30.4 Å². The van der Waals surface area contributed by atoms with E-state index in [0.717, 1.165) is 32.1 Å². The Morgan fingerprint density at radius 2 is 1.74 bits per heavy atom. The first-order valence-electron chi connectivity index (χ1n) is 14.0. The first-order chi connectivity index (χ1) is 20.2. The molecule has 0 spiro atoms. The second-order valence-corrected chi connectivity index (χ2v) is 12.3. The Kier molecular flexibility index (Phi) is 7.85. The molecular weight excluding hydrogens is 577 g/mol. The van der Waals surface area contributed by atoms with Crippen LogP contribution in [0, 0.1) is 0 Å². The van der Waals surface area contributed by atoms with Gasteiger partial charge in [-0.15, -0.1) is 0 Å². The molecule has 0 radical (unpaired) electrons. The van der Waals surface area contributed by atoms with E-state index in [4.69, 9.17) is 14.2 Å². The van der Waals surface area contributed by atoms with Crippen molar-refractivity contribution in [3.05, 3.63) is 30.0 Å². The number of pyridine rings is 1. The van der Waals surface area contributed by atoms with Crippen molar-refractivity contribution in [1.82, 2.24) is 19.2 Å². The lowest BCUT2D eigenvalue weighted by Crippen LogP contribution is -2.50. The van der Waals surface area contributed by atoms with Crippen molar-refractivity contribution < 1.29 is 35.8 Å². The van der Waals surface area contributed by atoms with E-state index in [2.05, 4.69) is 25.5 Å². The summed E-state index contributed by atoms with van der Waals surface area (Å²) >= 11 is 0. The average molecular weight is 611 g/mol. The third-order valence-corrected chi connectivity index (χ3v) is 9.76. The molecule has 2 aromatic heterocycles. The Morgan fingerprint density at radius 3 is 2.43 bits per heavy atom. The van der Waals surface area contributed by atoms with E-state index in [9.17, 15) is 21.6 Å². The zero-order valence-corrected chi connectivity index (χ0v) is 23.9. The molecule has 11 nitrogen and oxygen atoms in total. The van der Waals surface area contributed by atoms with Crippen LogP contribution in [0.3, 0.4) is 0 Å². The third kappa shape index (κ3) is 5.45. The molecule has 42 heavy (non-hydrogen) atoms. The van der Waals surface area contributed by atoms with Gasteiger partial charge < -0.3 is 29.8 Å². The van der Waals surface area contributed by atoms with Crippen LogP contribution in [0.5, 0.6) is 11.5 Å². The van der Waals surface area contributed by atoms with E-state index >= 15 is 0 Å². The SMILES string of the molecule is CCNc1cc(Nc2ccc(S(=O)(=O)N3CCC(N4CCOCC4)CC3)c3c2OCCO3)nc2[nH]cc(C(F)(F)F)c12. The van der Waals surface area contributed by atoms with Crippen LogP contribution in [0.25, 0.3) is 11.0 Å². The molecule has 6 rings (SSSR count). The number of hydrogen-bond acceptors (Lipinski definition) is 9. The Morgan fingerprint density at radius 1 is 1.02 bits per heavy atom. The number of H-pyrrole nitrogens is 1. The van der Waals surface area contributed by atoms with Gasteiger partial charge in [-0.2, -0.15) is 17.5 Å². The van der Waals surface area contributed by atoms with Gasteiger partial charge in [0, 0.05) is 56.7 Å². The topological polar surface area (TPSA) is 121 Å². The lowest BCUT2D eigenvalue weighted by molar-refractivity contribution is -0.136. The van der Waals surface area contributed by atoms with Crippen LogP contribution in [-0.2, 0) is 20.9 Å². The van der Waals surface area contributed by atoms with Gasteiger partial charge >= 0.3 is 6.18 Å². The second-order valence-electron chi connectivity index (χ2n) is 10.4.